The fraction of sp³-hybridized carbons (Fsp3) is 1.00. The van der Waals surface area contributed by atoms with Gasteiger partial charge in [-0.3, -0.25) is 0 Å². The van der Waals surface area contributed by atoms with Gasteiger partial charge < -0.3 is 0 Å². The first-order valence-electron chi connectivity index (χ1n) is 7.83. The second-order valence-electron chi connectivity index (χ2n) is 6.43. The molecule has 0 bridgehead atoms. The molecule has 2 aliphatic carbocycles. The maximum absolute atomic E-state index is 2.53. The monoisotopic (exact) mass is 222 g/mol. The number of hydrogen-bond acceptors (Lipinski definition) is 0. The van der Waals surface area contributed by atoms with Gasteiger partial charge in [-0.25, -0.2) is 0 Å². The number of fused-ring (bicyclic) bond motifs is 1. The molecule has 0 radical (unpaired) electrons. The van der Waals surface area contributed by atoms with E-state index < -0.39 is 0 Å². The molecule has 0 aromatic heterocycles. The van der Waals surface area contributed by atoms with E-state index in [0.717, 1.165) is 23.7 Å². The van der Waals surface area contributed by atoms with Gasteiger partial charge in [0.05, 0.1) is 0 Å². The highest BCUT2D eigenvalue weighted by atomic mass is 14.4. The Morgan fingerprint density at radius 1 is 1.00 bits per heavy atom. The van der Waals surface area contributed by atoms with Crippen molar-refractivity contribution >= 4 is 0 Å². The van der Waals surface area contributed by atoms with Crippen LogP contribution in [0.5, 0.6) is 0 Å². The Bertz CT molecular complexity index is 196. The van der Waals surface area contributed by atoms with Crippen LogP contribution in [0.25, 0.3) is 0 Å². The van der Waals surface area contributed by atoms with E-state index >= 15 is 0 Å². The van der Waals surface area contributed by atoms with Gasteiger partial charge in [0, 0.05) is 0 Å². The summed E-state index contributed by atoms with van der Waals surface area (Å²) in [6.07, 6.45) is 15.1. The molecule has 0 heteroatoms. The van der Waals surface area contributed by atoms with Crippen molar-refractivity contribution in [2.75, 3.05) is 0 Å². The molecular formula is C16H30. The fourth-order valence-electron chi connectivity index (χ4n) is 4.47. The molecule has 0 aromatic carbocycles. The highest BCUT2D eigenvalue weighted by molar-refractivity contribution is 4.90. The summed E-state index contributed by atoms with van der Waals surface area (Å²) in [5.41, 5.74) is 0. The summed E-state index contributed by atoms with van der Waals surface area (Å²) >= 11 is 0. The minimum Gasteiger partial charge on any atom is -0.0654 e. The molecule has 94 valence electrons. The molecule has 0 aromatic rings. The predicted octanol–water partition coefficient (Wildman–Crippen LogP) is 5.42. The van der Waals surface area contributed by atoms with Gasteiger partial charge in [0.2, 0.25) is 0 Å². The van der Waals surface area contributed by atoms with Crippen LogP contribution in [-0.4, -0.2) is 0 Å². The van der Waals surface area contributed by atoms with Gasteiger partial charge in [-0.15, -0.1) is 0 Å². The van der Waals surface area contributed by atoms with Crippen LogP contribution in [-0.2, 0) is 0 Å². The summed E-state index contributed by atoms with van der Waals surface area (Å²) in [7, 11) is 0. The first-order valence-corrected chi connectivity index (χ1v) is 7.83. The third-order valence-corrected chi connectivity index (χ3v) is 5.31. The second kappa shape index (κ2) is 6.07. The van der Waals surface area contributed by atoms with Gasteiger partial charge in [0.1, 0.15) is 0 Å². The summed E-state index contributed by atoms with van der Waals surface area (Å²) in [5.74, 6) is 4.36. The SMILES string of the molecule is CCCCCC1C(C)CC2CCCCCC21. The van der Waals surface area contributed by atoms with Crippen molar-refractivity contribution in [3.63, 3.8) is 0 Å². The van der Waals surface area contributed by atoms with Crippen LogP contribution in [0.1, 0.15) is 78.1 Å². The van der Waals surface area contributed by atoms with Crippen molar-refractivity contribution in [1.82, 2.24) is 0 Å². The lowest BCUT2D eigenvalue weighted by atomic mass is 9.81. The maximum Gasteiger partial charge on any atom is -0.0355 e. The van der Waals surface area contributed by atoms with Crippen molar-refractivity contribution < 1.29 is 0 Å². The smallest absolute Gasteiger partial charge is 0.0355 e. The zero-order valence-corrected chi connectivity index (χ0v) is 11.4. The molecule has 2 aliphatic rings. The van der Waals surface area contributed by atoms with E-state index in [-0.39, 0.29) is 0 Å². The number of unbranched alkanes of at least 4 members (excludes halogenated alkanes) is 2. The molecule has 2 rings (SSSR count). The molecule has 0 N–H and O–H groups in total. The van der Waals surface area contributed by atoms with Crippen LogP contribution < -0.4 is 0 Å². The Kier molecular flexibility index (Phi) is 4.73. The molecule has 4 unspecified atom stereocenters. The average Bonchev–Trinajstić information content (AvgIpc) is 2.47. The molecule has 0 spiro atoms. The summed E-state index contributed by atoms with van der Waals surface area (Å²) < 4.78 is 0. The summed E-state index contributed by atoms with van der Waals surface area (Å²) in [4.78, 5) is 0. The Hall–Kier alpha value is 0. The highest BCUT2D eigenvalue weighted by Gasteiger charge is 2.40. The number of rotatable bonds is 4. The van der Waals surface area contributed by atoms with Crippen LogP contribution in [0.15, 0.2) is 0 Å². The normalized spacial score (nSPS) is 39.4. The zero-order valence-electron chi connectivity index (χ0n) is 11.4. The zero-order chi connectivity index (χ0) is 11.4. The van der Waals surface area contributed by atoms with Gasteiger partial charge in [0.15, 0.2) is 0 Å². The fourth-order valence-corrected chi connectivity index (χ4v) is 4.47. The summed E-state index contributed by atoms with van der Waals surface area (Å²) in [6.45, 7) is 4.86. The lowest BCUT2D eigenvalue weighted by Crippen LogP contribution is -2.16. The quantitative estimate of drug-likeness (QED) is 0.557. The Morgan fingerprint density at radius 3 is 2.62 bits per heavy atom. The van der Waals surface area contributed by atoms with Crippen molar-refractivity contribution in [3.05, 3.63) is 0 Å². The van der Waals surface area contributed by atoms with E-state index in [9.17, 15) is 0 Å². The second-order valence-corrected chi connectivity index (χ2v) is 6.43. The third kappa shape index (κ3) is 2.81. The van der Waals surface area contributed by atoms with Crippen molar-refractivity contribution in [3.8, 4) is 0 Å². The van der Waals surface area contributed by atoms with Gasteiger partial charge in [-0.05, 0) is 42.9 Å². The molecular weight excluding hydrogens is 192 g/mol. The van der Waals surface area contributed by atoms with Crippen LogP contribution in [0.2, 0.25) is 0 Å². The first kappa shape index (κ1) is 12.5. The van der Waals surface area contributed by atoms with Crippen LogP contribution >= 0.6 is 0 Å². The summed E-state index contributed by atoms with van der Waals surface area (Å²) in [6, 6.07) is 0. The van der Waals surface area contributed by atoms with E-state index in [1.54, 1.807) is 19.3 Å². The lowest BCUT2D eigenvalue weighted by molar-refractivity contribution is 0.254. The Morgan fingerprint density at radius 2 is 1.81 bits per heavy atom. The molecule has 2 saturated carbocycles. The van der Waals surface area contributed by atoms with E-state index in [1.165, 1.54) is 44.9 Å². The molecule has 2 fully saturated rings. The lowest BCUT2D eigenvalue weighted by Gasteiger charge is -2.24. The van der Waals surface area contributed by atoms with Crippen LogP contribution in [0.3, 0.4) is 0 Å². The van der Waals surface area contributed by atoms with E-state index in [4.69, 9.17) is 0 Å². The van der Waals surface area contributed by atoms with Crippen molar-refractivity contribution in [2.24, 2.45) is 23.7 Å². The minimum atomic E-state index is 1.03. The average molecular weight is 222 g/mol. The number of hydrogen-bond donors (Lipinski definition) is 0. The predicted molar refractivity (Wildman–Crippen MR) is 71.5 cm³/mol. The van der Waals surface area contributed by atoms with Crippen LogP contribution in [0.4, 0.5) is 0 Å². The standard InChI is InChI=1S/C16H30/c1-3-4-6-10-15-13(2)12-14-9-7-5-8-11-16(14)15/h13-16H,3-12H2,1-2H3. The molecule has 0 saturated heterocycles. The minimum absolute atomic E-state index is 1.03. The van der Waals surface area contributed by atoms with Gasteiger partial charge in [-0.2, -0.15) is 0 Å². The van der Waals surface area contributed by atoms with Gasteiger partial charge in [-0.1, -0.05) is 58.8 Å². The molecule has 4 atom stereocenters. The molecule has 0 nitrogen and oxygen atoms in total. The van der Waals surface area contributed by atoms with Gasteiger partial charge >= 0.3 is 0 Å². The van der Waals surface area contributed by atoms with Crippen molar-refractivity contribution in [1.29, 1.82) is 0 Å². The van der Waals surface area contributed by atoms with Crippen LogP contribution in [0, 0.1) is 23.7 Å². The van der Waals surface area contributed by atoms with Gasteiger partial charge in [0.25, 0.3) is 0 Å². The first-order chi connectivity index (χ1) is 7.83. The third-order valence-electron chi connectivity index (χ3n) is 5.31. The maximum atomic E-state index is 2.53. The van der Waals surface area contributed by atoms with E-state index in [1.807, 2.05) is 0 Å². The largest absolute Gasteiger partial charge is 0.0654 e. The molecule has 0 aliphatic heterocycles. The van der Waals surface area contributed by atoms with E-state index in [2.05, 4.69) is 13.8 Å². The Labute approximate surface area is 102 Å². The topological polar surface area (TPSA) is 0 Å². The molecule has 16 heavy (non-hydrogen) atoms. The summed E-state index contributed by atoms with van der Waals surface area (Å²) in [5, 5.41) is 0. The highest BCUT2D eigenvalue weighted by Crippen LogP contribution is 2.49. The van der Waals surface area contributed by atoms with E-state index in [0.29, 0.717) is 0 Å². The molecule has 0 amide bonds. The van der Waals surface area contributed by atoms with Crippen molar-refractivity contribution in [2.45, 2.75) is 78.1 Å². The Balaban J connectivity index is 1.89. The molecule has 0 heterocycles.